The fourth-order valence-electron chi connectivity index (χ4n) is 2.24. The fraction of sp³-hybridized carbons (Fsp3) is 0.625. The Kier molecular flexibility index (Phi) is 5.37. The Morgan fingerprint density at radius 3 is 2.79 bits per heavy atom. The molecular weight excluding hydrogens is 240 g/mol. The highest BCUT2D eigenvalue weighted by Gasteiger charge is 2.29. The van der Waals surface area contributed by atoms with Crippen molar-refractivity contribution in [3.63, 3.8) is 0 Å². The number of rotatable bonds is 5. The minimum atomic E-state index is -0.0571. The Bertz CT molecular complexity index is 391. The second-order valence-corrected chi connectivity index (χ2v) is 5.17. The maximum atomic E-state index is 5.94. The van der Waals surface area contributed by atoms with Crippen molar-refractivity contribution in [3.8, 4) is 0 Å². The summed E-state index contributed by atoms with van der Waals surface area (Å²) < 4.78 is 17.4. The molecule has 0 aliphatic carbocycles. The van der Waals surface area contributed by atoms with Crippen LogP contribution in [0.5, 0.6) is 0 Å². The minimum absolute atomic E-state index is 0.0210. The fourth-order valence-corrected chi connectivity index (χ4v) is 2.24. The SMILES string of the molecule is CCC[C@H]1OC[C@@H](OCc2ccccc2C)[C@@H](C)O1. The first-order valence-corrected chi connectivity index (χ1v) is 7.14. The van der Waals surface area contributed by atoms with Crippen molar-refractivity contribution in [2.45, 2.75) is 58.7 Å². The predicted molar refractivity (Wildman–Crippen MR) is 75.0 cm³/mol. The van der Waals surface area contributed by atoms with Crippen LogP contribution in [-0.4, -0.2) is 25.1 Å². The van der Waals surface area contributed by atoms with E-state index in [1.54, 1.807) is 0 Å². The van der Waals surface area contributed by atoms with Gasteiger partial charge >= 0.3 is 0 Å². The first kappa shape index (κ1) is 14.5. The molecule has 0 amide bonds. The highest BCUT2D eigenvalue weighted by Crippen LogP contribution is 2.20. The van der Waals surface area contributed by atoms with Crippen LogP contribution in [-0.2, 0) is 20.8 Å². The normalized spacial score (nSPS) is 27.4. The van der Waals surface area contributed by atoms with Crippen LogP contribution in [0.15, 0.2) is 24.3 Å². The van der Waals surface area contributed by atoms with Gasteiger partial charge in [-0.1, -0.05) is 37.6 Å². The Labute approximate surface area is 115 Å². The van der Waals surface area contributed by atoms with Gasteiger partial charge < -0.3 is 14.2 Å². The summed E-state index contributed by atoms with van der Waals surface area (Å²) in [4.78, 5) is 0. The van der Waals surface area contributed by atoms with E-state index < -0.39 is 0 Å². The van der Waals surface area contributed by atoms with Crippen molar-refractivity contribution in [1.29, 1.82) is 0 Å². The van der Waals surface area contributed by atoms with E-state index in [9.17, 15) is 0 Å². The van der Waals surface area contributed by atoms with E-state index in [4.69, 9.17) is 14.2 Å². The summed E-state index contributed by atoms with van der Waals surface area (Å²) in [6.45, 7) is 7.55. The summed E-state index contributed by atoms with van der Waals surface area (Å²) in [5.74, 6) is 0. The summed E-state index contributed by atoms with van der Waals surface area (Å²) >= 11 is 0. The maximum absolute atomic E-state index is 5.94. The zero-order valence-electron chi connectivity index (χ0n) is 12.1. The molecule has 3 atom stereocenters. The second kappa shape index (κ2) is 7.04. The molecule has 0 aromatic heterocycles. The van der Waals surface area contributed by atoms with Crippen molar-refractivity contribution in [1.82, 2.24) is 0 Å². The van der Waals surface area contributed by atoms with E-state index in [2.05, 4.69) is 32.9 Å². The molecule has 19 heavy (non-hydrogen) atoms. The molecule has 1 aliphatic heterocycles. The van der Waals surface area contributed by atoms with Crippen LogP contribution in [0.25, 0.3) is 0 Å². The van der Waals surface area contributed by atoms with E-state index >= 15 is 0 Å². The number of benzene rings is 1. The van der Waals surface area contributed by atoms with Gasteiger partial charge in [-0.25, -0.2) is 0 Å². The number of ether oxygens (including phenoxy) is 3. The second-order valence-electron chi connectivity index (χ2n) is 5.17. The average Bonchev–Trinajstić information content (AvgIpc) is 2.40. The molecule has 1 fully saturated rings. The third-order valence-corrected chi connectivity index (χ3v) is 3.57. The Morgan fingerprint density at radius 2 is 2.11 bits per heavy atom. The van der Waals surface area contributed by atoms with Crippen LogP contribution in [0, 0.1) is 6.92 Å². The molecule has 106 valence electrons. The topological polar surface area (TPSA) is 27.7 Å². The molecule has 1 aromatic carbocycles. The largest absolute Gasteiger partial charge is 0.368 e. The molecule has 2 rings (SSSR count). The Hall–Kier alpha value is -0.900. The lowest BCUT2D eigenvalue weighted by molar-refractivity contribution is -0.260. The predicted octanol–water partition coefficient (Wildman–Crippen LogP) is 3.44. The number of aryl methyl sites for hydroxylation is 1. The molecular formula is C16H24O3. The van der Waals surface area contributed by atoms with E-state index in [1.165, 1.54) is 11.1 Å². The lowest BCUT2D eigenvalue weighted by atomic mass is 10.1. The van der Waals surface area contributed by atoms with E-state index in [0.29, 0.717) is 13.2 Å². The highest BCUT2D eigenvalue weighted by atomic mass is 16.7. The maximum Gasteiger partial charge on any atom is 0.158 e. The van der Waals surface area contributed by atoms with Gasteiger partial charge in [0.2, 0.25) is 0 Å². The van der Waals surface area contributed by atoms with Gasteiger partial charge in [0.05, 0.1) is 19.3 Å². The van der Waals surface area contributed by atoms with Crippen LogP contribution in [0.1, 0.15) is 37.8 Å². The van der Waals surface area contributed by atoms with Gasteiger partial charge in [-0.2, -0.15) is 0 Å². The minimum Gasteiger partial charge on any atom is -0.368 e. The molecule has 0 spiro atoms. The summed E-state index contributed by atoms with van der Waals surface area (Å²) in [6, 6.07) is 8.29. The molecule has 1 aliphatic rings. The van der Waals surface area contributed by atoms with Gasteiger partial charge in [-0.3, -0.25) is 0 Å². The molecule has 0 unspecified atom stereocenters. The van der Waals surface area contributed by atoms with Gasteiger partial charge in [-0.15, -0.1) is 0 Å². The van der Waals surface area contributed by atoms with Crippen LogP contribution < -0.4 is 0 Å². The molecule has 0 N–H and O–H groups in total. The van der Waals surface area contributed by atoms with Crippen LogP contribution >= 0.6 is 0 Å². The molecule has 1 aromatic rings. The first-order chi connectivity index (χ1) is 9.20. The average molecular weight is 264 g/mol. The molecule has 1 heterocycles. The van der Waals surface area contributed by atoms with Gasteiger partial charge in [0, 0.05) is 0 Å². The first-order valence-electron chi connectivity index (χ1n) is 7.14. The lowest BCUT2D eigenvalue weighted by Crippen LogP contribution is -2.43. The third kappa shape index (κ3) is 4.03. The Morgan fingerprint density at radius 1 is 1.32 bits per heavy atom. The zero-order chi connectivity index (χ0) is 13.7. The molecule has 0 bridgehead atoms. The Balaban J connectivity index is 1.82. The summed E-state index contributed by atoms with van der Waals surface area (Å²) in [7, 11) is 0. The van der Waals surface area contributed by atoms with Crippen LogP contribution in [0.4, 0.5) is 0 Å². The number of hydrogen-bond acceptors (Lipinski definition) is 3. The van der Waals surface area contributed by atoms with E-state index in [-0.39, 0.29) is 18.5 Å². The summed E-state index contributed by atoms with van der Waals surface area (Å²) in [5.41, 5.74) is 2.49. The lowest BCUT2D eigenvalue weighted by Gasteiger charge is -2.34. The van der Waals surface area contributed by atoms with Gasteiger partial charge in [0.1, 0.15) is 6.10 Å². The smallest absolute Gasteiger partial charge is 0.158 e. The monoisotopic (exact) mass is 264 g/mol. The quantitative estimate of drug-likeness (QED) is 0.815. The van der Waals surface area contributed by atoms with Gasteiger partial charge in [0.15, 0.2) is 6.29 Å². The molecule has 1 saturated heterocycles. The van der Waals surface area contributed by atoms with Crippen LogP contribution in [0.2, 0.25) is 0 Å². The van der Waals surface area contributed by atoms with Crippen LogP contribution in [0.3, 0.4) is 0 Å². The van der Waals surface area contributed by atoms with Crippen molar-refractivity contribution >= 4 is 0 Å². The molecule has 0 saturated carbocycles. The van der Waals surface area contributed by atoms with Crippen molar-refractivity contribution in [3.05, 3.63) is 35.4 Å². The number of hydrogen-bond donors (Lipinski definition) is 0. The zero-order valence-corrected chi connectivity index (χ0v) is 12.1. The van der Waals surface area contributed by atoms with Gasteiger partial charge in [-0.05, 0) is 31.4 Å². The summed E-state index contributed by atoms with van der Waals surface area (Å²) in [5, 5.41) is 0. The van der Waals surface area contributed by atoms with E-state index in [1.807, 2.05) is 12.1 Å². The molecule has 3 heteroatoms. The van der Waals surface area contributed by atoms with E-state index in [0.717, 1.165) is 12.8 Å². The van der Waals surface area contributed by atoms with Crippen molar-refractivity contribution in [2.75, 3.05) is 6.61 Å². The molecule has 3 nitrogen and oxygen atoms in total. The molecule has 0 radical (unpaired) electrons. The van der Waals surface area contributed by atoms with Gasteiger partial charge in [0.25, 0.3) is 0 Å². The van der Waals surface area contributed by atoms with Crippen molar-refractivity contribution < 1.29 is 14.2 Å². The highest BCUT2D eigenvalue weighted by molar-refractivity contribution is 5.24. The standard InChI is InChI=1S/C16H24O3/c1-4-7-16-18-11-15(13(3)19-16)17-10-14-9-6-5-8-12(14)2/h5-6,8-9,13,15-16H,4,7,10-11H2,1-3H3/t13-,15-,16+/m1/s1. The third-order valence-electron chi connectivity index (χ3n) is 3.57. The van der Waals surface area contributed by atoms with Crippen molar-refractivity contribution in [2.24, 2.45) is 0 Å². The summed E-state index contributed by atoms with van der Waals surface area (Å²) in [6.07, 6.45) is 2.08.